The Kier molecular flexibility index (Phi) is 5.45. The van der Waals surface area contributed by atoms with E-state index in [1.165, 1.54) is 23.1 Å². The highest BCUT2D eigenvalue weighted by atomic mass is 32.2. The lowest BCUT2D eigenvalue weighted by Crippen LogP contribution is -2.11. The summed E-state index contributed by atoms with van der Waals surface area (Å²) >= 11 is 2.60. The van der Waals surface area contributed by atoms with Gasteiger partial charge in [0, 0.05) is 0 Å². The Morgan fingerprint density at radius 1 is 1.32 bits per heavy atom. The van der Waals surface area contributed by atoms with Gasteiger partial charge in [-0.05, 0) is 30.2 Å². The number of benzene rings is 1. The topological polar surface area (TPSA) is 75.9 Å². The van der Waals surface area contributed by atoms with E-state index < -0.39 is 5.92 Å². The Balaban J connectivity index is 1.79. The second-order valence-corrected chi connectivity index (χ2v) is 7.51. The minimum absolute atomic E-state index is 0.0826. The number of nitrogens with one attached hydrogen (secondary N) is 1. The number of carbonyl (C=O) groups excluding carboxylic acids is 1. The summed E-state index contributed by atoms with van der Waals surface area (Å²) in [6, 6.07) is 7.47. The van der Waals surface area contributed by atoms with Crippen LogP contribution in [0.1, 0.15) is 28.4 Å². The van der Waals surface area contributed by atoms with Gasteiger partial charge >= 0.3 is 0 Å². The van der Waals surface area contributed by atoms with Crippen LogP contribution in [0.3, 0.4) is 0 Å². The van der Waals surface area contributed by atoms with Crippen LogP contribution < -0.4 is 4.74 Å². The summed E-state index contributed by atoms with van der Waals surface area (Å²) in [6.07, 6.45) is 4.27. The van der Waals surface area contributed by atoms with Crippen molar-refractivity contribution in [1.82, 2.24) is 10.2 Å². The third kappa shape index (κ3) is 3.88. The number of ketones is 1. The van der Waals surface area contributed by atoms with E-state index >= 15 is 0 Å². The van der Waals surface area contributed by atoms with E-state index in [0.717, 1.165) is 22.7 Å². The second-order valence-electron chi connectivity index (χ2n) is 5.33. The van der Waals surface area contributed by atoms with E-state index in [-0.39, 0.29) is 5.78 Å². The molecule has 1 saturated heterocycles. The molecule has 25 heavy (non-hydrogen) atoms. The third-order valence-electron chi connectivity index (χ3n) is 3.56. The van der Waals surface area contributed by atoms with Crippen LogP contribution in [0.2, 0.25) is 0 Å². The maximum atomic E-state index is 12.7. The van der Waals surface area contributed by atoms with Crippen LogP contribution in [0, 0.1) is 5.41 Å². The molecule has 1 N–H and O–H groups in total. The standard InChI is InChI=1S/C18H17N3O2S2/c1-3-9-23-12-7-5-11(6-8-12)10-13-16(22)15(17(19)24-13)18-21-20-14(4-2)25-18/h3,5-8,10,15,19H,1,4,9H2,2H3. The Bertz CT molecular complexity index is 840. The van der Waals surface area contributed by atoms with Gasteiger partial charge in [0.1, 0.15) is 28.3 Å². The molecule has 7 heteroatoms. The zero-order valence-electron chi connectivity index (χ0n) is 13.7. The van der Waals surface area contributed by atoms with Crippen LogP contribution in [-0.4, -0.2) is 27.6 Å². The molecule has 0 aliphatic carbocycles. The number of nitrogens with zero attached hydrogens (tertiary/aromatic N) is 2. The molecular weight excluding hydrogens is 354 g/mol. The molecule has 2 aromatic rings. The summed E-state index contributed by atoms with van der Waals surface area (Å²) in [5, 5.41) is 18.1. The predicted octanol–water partition coefficient (Wildman–Crippen LogP) is 4.08. The zero-order valence-corrected chi connectivity index (χ0v) is 15.3. The number of aromatic nitrogens is 2. The fourth-order valence-corrected chi connectivity index (χ4v) is 4.26. The summed E-state index contributed by atoms with van der Waals surface area (Å²) in [5.41, 5.74) is 0.891. The van der Waals surface area contributed by atoms with Gasteiger partial charge in [-0.15, -0.1) is 21.5 Å². The molecule has 3 rings (SSSR count). The minimum atomic E-state index is -0.607. The molecule has 0 saturated carbocycles. The number of carbonyl (C=O) groups is 1. The van der Waals surface area contributed by atoms with E-state index in [1.807, 2.05) is 31.2 Å². The Morgan fingerprint density at radius 2 is 2.08 bits per heavy atom. The van der Waals surface area contributed by atoms with Gasteiger partial charge in [-0.2, -0.15) is 0 Å². The molecule has 1 atom stereocenters. The number of ether oxygens (including phenoxy) is 1. The van der Waals surface area contributed by atoms with Crippen LogP contribution >= 0.6 is 23.1 Å². The van der Waals surface area contributed by atoms with Gasteiger partial charge < -0.3 is 4.74 Å². The summed E-state index contributed by atoms with van der Waals surface area (Å²) in [5.74, 6) is 0.0593. The molecule has 1 aliphatic rings. The van der Waals surface area contributed by atoms with E-state index in [2.05, 4.69) is 16.8 Å². The zero-order chi connectivity index (χ0) is 17.8. The molecule has 0 spiro atoms. The van der Waals surface area contributed by atoms with Crippen LogP contribution in [0.4, 0.5) is 0 Å². The summed E-state index contributed by atoms with van der Waals surface area (Å²) < 4.78 is 5.45. The van der Waals surface area contributed by atoms with Gasteiger partial charge in [-0.3, -0.25) is 10.2 Å². The molecule has 5 nitrogen and oxygen atoms in total. The van der Waals surface area contributed by atoms with Crippen LogP contribution in [0.15, 0.2) is 41.8 Å². The minimum Gasteiger partial charge on any atom is -0.490 e. The monoisotopic (exact) mass is 371 g/mol. The quantitative estimate of drug-likeness (QED) is 0.611. The van der Waals surface area contributed by atoms with Gasteiger partial charge in [-0.25, -0.2) is 0 Å². The third-order valence-corrected chi connectivity index (χ3v) is 5.69. The fraction of sp³-hybridized carbons (Fsp3) is 0.222. The maximum absolute atomic E-state index is 12.7. The van der Waals surface area contributed by atoms with Crippen molar-refractivity contribution in [1.29, 1.82) is 5.41 Å². The van der Waals surface area contributed by atoms with E-state index in [0.29, 0.717) is 21.6 Å². The molecule has 0 radical (unpaired) electrons. The number of aryl methyl sites for hydroxylation is 1. The van der Waals surface area contributed by atoms with Crippen molar-refractivity contribution >= 4 is 40.0 Å². The van der Waals surface area contributed by atoms with Crippen molar-refractivity contribution in [3.05, 3.63) is 57.4 Å². The summed E-state index contributed by atoms with van der Waals surface area (Å²) in [6.45, 7) is 6.06. The molecule has 1 aliphatic heterocycles. The number of Topliss-reactive ketones (excluding diaryl/α,β-unsaturated/α-hetero) is 1. The number of allylic oxidation sites excluding steroid dienone is 1. The van der Waals surface area contributed by atoms with Crippen molar-refractivity contribution in [2.24, 2.45) is 0 Å². The van der Waals surface area contributed by atoms with E-state index in [4.69, 9.17) is 10.1 Å². The van der Waals surface area contributed by atoms with Crippen LogP contribution in [0.25, 0.3) is 6.08 Å². The normalized spacial score (nSPS) is 18.8. The molecular formula is C18H17N3O2S2. The van der Waals surface area contributed by atoms with Crippen LogP contribution in [0.5, 0.6) is 5.75 Å². The lowest BCUT2D eigenvalue weighted by molar-refractivity contribution is -0.114. The largest absolute Gasteiger partial charge is 0.490 e. The van der Waals surface area contributed by atoms with Crippen molar-refractivity contribution in [3.8, 4) is 5.75 Å². The van der Waals surface area contributed by atoms with Gasteiger partial charge in [0.2, 0.25) is 0 Å². The van der Waals surface area contributed by atoms with E-state index in [9.17, 15) is 4.79 Å². The maximum Gasteiger partial charge on any atom is 0.186 e. The highest BCUT2D eigenvalue weighted by molar-refractivity contribution is 8.19. The molecule has 2 heterocycles. The first-order valence-corrected chi connectivity index (χ1v) is 9.44. The first kappa shape index (κ1) is 17.6. The van der Waals surface area contributed by atoms with Gasteiger partial charge in [0.05, 0.1) is 9.95 Å². The molecule has 1 aromatic heterocycles. The van der Waals surface area contributed by atoms with E-state index in [1.54, 1.807) is 12.2 Å². The smallest absolute Gasteiger partial charge is 0.186 e. The average Bonchev–Trinajstić information content (AvgIpc) is 3.19. The number of rotatable bonds is 6. The van der Waals surface area contributed by atoms with Gasteiger partial charge in [0.15, 0.2) is 5.78 Å². The highest BCUT2D eigenvalue weighted by Gasteiger charge is 2.39. The Labute approximate surface area is 154 Å². The highest BCUT2D eigenvalue weighted by Crippen LogP contribution is 2.41. The number of thioether (sulfide) groups is 1. The lowest BCUT2D eigenvalue weighted by Gasteiger charge is -2.03. The average molecular weight is 371 g/mol. The van der Waals surface area contributed by atoms with Crippen molar-refractivity contribution in [3.63, 3.8) is 0 Å². The van der Waals surface area contributed by atoms with Crippen molar-refractivity contribution < 1.29 is 9.53 Å². The molecule has 0 bridgehead atoms. The van der Waals surface area contributed by atoms with Gasteiger partial charge in [-0.1, -0.05) is 43.5 Å². The first-order chi connectivity index (χ1) is 12.1. The van der Waals surface area contributed by atoms with Crippen molar-refractivity contribution in [2.45, 2.75) is 19.3 Å². The molecule has 1 fully saturated rings. The second kappa shape index (κ2) is 7.76. The van der Waals surface area contributed by atoms with Crippen molar-refractivity contribution in [2.75, 3.05) is 6.61 Å². The summed E-state index contributed by atoms with van der Waals surface area (Å²) in [7, 11) is 0. The summed E-state index contributed by atoms with van der Waals surface area (Å²) in [4.78, 5) is 13.3. The number of hydrogen-bond acceptors (Lipinski definition) is 7. The molecule has 1 unspecified atom stereocenters. The first-order valence-electron chi connectivity index (χ1n) is 7.80. The Morgan fingerprint density at radius 3 is 2.72 bits per heavy atom. The lowest BCUT2D eigenvalue weighted by atomic mass is 10.1. The fourth-order valence-electron chi connectivity index (χ4n) is 2.31. The predicted molar refractivity (Wildman–Crippen MR) is 102 cm³/mol. The molecule has 1 aromatic carbocycles. The Hall–Kier alpha value is -2.25. The molecule has 0 amide bonds. The SMILES string of the molecule is C=CCOc1ccc(C=C2SC(=N)C(c3nnc(CC)s3)C2=O)cc1. The van der Waals surface area contributed by atoms with Gasteiger partial charge in [0.25, 0.3) is 0 Å². The number of hydrogen-bond donors (Lipinski definition) is 1. The van der Waals surface area contributed by atoms with Crippen LogP contribution in [-0.2, 0) is 11.2 Å². The molecule has 128 valence electrons.